The summed E-state index contributed by atoms with van der Waals surface area (Å²) in [6.45, 7) is 3.24. The Hall–Kier alpha value is -0.730. The molecule has 2 aliphatic rings. The minimum absolute atomic E-state index is 0.116. The van der Waals surface area contributed by atoms with Crippen molar-refractivity contribution in [2.24, 2.45) is 0 Å². The number of hydrogen-bond donors (Lipinski definition) is 1. The van der Waals surface area contributed by atoms with Gasteiger partial charge in [-0.2, -0.15) is 0 Å². The first kappa shape index (κ1) is 11.7. The smallest absolute Gasteiger partial charge is 0.211 e. The Bertz CT molecular complexity index is 220. The molecule has 1 N–H and O–H groups in total. The first-order valence-corrected chi connectivity index (χ1v) is 5.26. The number of nitrogens with zero attached hydrogens (tertiary/aromatic N) is 1. The maximum Gasteiger partial charge on any atom is 0.211 e. The van der Waals surface area contributed by atoms with E-state index in [1.807, 2.05) is 0 Å². The van der Waals surface area contributed by atoms with Gasteiger partial charge in [0.15, 0.2) is 6.73 Å². The molecule has 2 atom stereocenters. The lowest BCUT2D eigenvalue weighted by Crippen LogP contribution is -2.30. The Kier molecular flexibility index (Phi) is 4.49. The van der Waals surface area contributed by atoms with Gasteiger partial charge in [-0.15, -0.1) is 0 Å². The lowest BCUT2D eigenvalue weighted by atomic mass is 10.4. The van der Waals surface area contributed by atoms with Crippen molar-refractivity contribution in [2.75, 3.05) is 39.8 Å². The normalized spacial score (nSPS) is 26.5. The lowest BCUT2D eigenvalue weighted by Gasteiger charge is -2.14. The number of amides is 1. The second kappa shape index (κ2) is 6.12. The molecule has 0 spiro atoms. The molecule has 1 amide bonds. The molecule has 0 aromatic carbocycles. The molecule has 2 rings (SSSR count). The zero-order chi connectivity index (χ0) is 11.2. The van der Waals surface area contributed by atoms with Crippen LogP contribution in [0.1, 0.15) is 0 Å². The maximum atomic E-state index is 10.6. The number of carbonyl (C=O) groups is 1. The summed E-state index contributed by atoms with van der Waals surface area (Å²) >= 11 is 0. The molecule has 0 radical (unpaired) electrons. The van der Waals surface area contributed by atoms with Gasteiger partial charge < -0.3 is 14.4 Å². The molecule has 0 aliphatic carbocycles. The van der Waals surface area contributed by atoms with Crippen LogP contribution in [0.4, 0.5) is 0 Å². The van der Waals surface area contributed by atoms with Crippen LogP contribution in [0.25, 0.3) is 0 Å². The van der Waals surface area contributed by atoms with E-state index in [1.165, 1.54) is 4.90 Å². The van der Waals surface area contributed by atoms with E-state index in [1.54, 1.807) is 0 Å². The van der Waals surface area contributed by atoms with Gasteiger partial charge in [-0.3, -0.25) is 10.1 Å². The first-order valence-electron chi connectivity index (χ1n) is 5.26. The van der Waals surface area contributed by atoms with Crippen LogP contribution in [-0.2, 0) is 24.0 Å². The van der Waals surface area contributed by atoms with E-state index in [0.717, 1.165) is 19.6 Å². The summed E-state index contributed by atoms with van der Waals surface area (Å²) in [4.78, 5) is 21.7. The SMILES string of the molecule is O=CN(COOCNCC1CO1)CC1CO1. The van der Waals surface area contributed by atoms with Gasteiger partial charge in [-0.05, 0) is 0 Å². The Morgan fingerprint density at radius 3 is 2.69 bits per heavy atom. The molecular weight excluding hydrogens is 216 g/mol. The van der Waals surface area contributed by atoms with Crippen LogP contribution < -0.4 is 5.32 Å². The van der Waals surface area contributed by atoms with Crippen LogP contribution in [0.2, 0.25) is 0 Å². The zero-order valence-electron chi connectivity index (χ0n) is 8.96. The highest BCUT2D eigenvalue weighted by atomic mass is 17.2. The maximum absolute atomic E-state index is 10.6. The molecule has 0 bridgehead atoms. The molecule has 92 valence electrons. The van der Waals surface area contributed by atoms with Crippen molar-refractivity contribution in [3.8, 4) is 0 Å². The summed E-state index contributed by atoms with van der Waals surface area (Å²) in [6.07, 6.45) is 1.21. The number of nitrogens with one attached hydrogen (secondary N) is 1. The van der Waals surface area contributed by atoms with Crippen LogP contribution in [0.5, 0.6) is 0 Å². The van der Waals surface area contributed by atoms with Gasteiger partial charge in [0.05, 0.1) is 32.0 Å². The second-order valence-electron chi connectivity index (χ2n) is 3.75. The summed E-state index contributed by atoms with van der Waals surface area (Å²) in [6, 6.07) is 0. The Morgan fingerprint density at radius 2 is 2.06 bits per heavy atom. The lowest BCUT2D eigenvalue weighted by molar-refractivity contribution is -0.315. The van der Waals surface area contributed by atoms with Gasteiger partial charge in [-0.1, -0.05) is 0 Å². The van der Waals surface area contributed by atoms with Crippen molar-refractivity contribution in [3.05, 3.63) is 0 Å². The number of epoxide rings is 2. The van der Waals surface area contributed by atoms with Crippen LogP contribution in [0, 0.1) is 0 Å². The second-order valence-corrected chi connectivity index (χ2v) is 3.75. The number of carbonyl (C=O) groups excluding carboxylic acids is 1. The predicted octanol–water partition coefficient (Wildman–Crippen LogP) is -1.30. The average Bonchev–Trinajstić information content (AvgIpc) is 3.14. The molecule has 16 heavy (non-hydrogen) atoms. The Balaban J connectivity index is 1.40. The molecule has 0 aromatic rings. The highest BCUT2D eigenvalue weighted by Crippen LogP contribution is 2.09. The third-order valence-electron chi connectivity index (χ3n) is 2.23. The van der Waals surface area contributed by atoms with Crippen LogP contribution >= 0.6 is 0 Å². The number of hydrogen-bond acceptors (Lipinski definition) is 6. The molecule has 0 saturated carbocycles. The van der Waals surface area contributed by atoms with Crippen LogP contribution in [0.15, 0.2) is 0 Å². The van der Waals surface area contributed by atoms with E-state index in [4.69, 9.17) is 19.2 Å². The quantitative estimate of drug-likeness (QED) is 0.126. The first-order chi connectivity index (χ1) is 7.88. The zero-order valence-corrected chi connectivity index (χ0v) is 8.96. The fourth-order valence-corrected chi connectivity index (χ4v) is 1.16. The van der Waals surface area contributed by atoms with Gasteiger partial charge in [0.25, 0.3) is 0 Å². The molecular formula is C9H16N2O5. The monoisotopic (exact) mass is 232 g/mol. The third-order valence-corrected chi connectivity index (χ3v) is 2.23. The third kappa shape index (κ3) is 4.86. The van der Waals surface area contributed by atoms with E-state index in [0.29, 0.717) is 19.3 Å². The van der Waals surface area contributed by atoms with Crippen molar-refractivity contribution in [1.29, 1.82) is 0 Å². The Morgan fingerprint density at radius 1 is 1.31 bits per heavy atom. The van der Waals surface area contributed by atoms with Crippen LogP contribution in [-0.4, -0.2) is 63.3 Å². The predicted molar refractivity (Wildman–Crippen MR) is 52.2 cm³/mol. The largest absolute Gasteiger partial charge is 0.372 e. The number of rotatable bonds is 10. The summed E-state index contributed by atoms with van der Waals surface area (Å²) in [5, 5.41) is 2.99. The standard InChI is InChI=1S/C9H16N2O5/c12-6-11(2-9-4-14-9)7-16-15-5-10-1-8-3-13-8/h6,8-10H,1-5,7H2. The minimum atomic E-state index is 0.116. The Labute approximate surface area is 93.5 Å². The average molecular weight is 232 g/mol. The highest BCUT2D eigenvalue weighted by Gasteiger charge is 2.25. The minimum Gasteiger partial charge on any atom is -0.372 e. The van der Waals surface area contributed by atoms with Crippen molar-refractivity contribution in [2.45, 2.75) is 12.2 Å². The summed E-state index contributed by atoms with van der Waals surface area (Å²) in [5.41, 5.74) is 0. The van der Waals surface area contributed by atoms with Gasteiger partial charge in [0, 0.05) is 6.54 Å². The van der Waals surface area contributed by atoms with Crippen molar-refractivity contribution >= 4 is 6.41 Å². The number of ether oxygens (including phenoxy) is 2. The van der Waals surface area contributed by atoms with Gasteiger partial charge in [-0.25, -0.2) is 9.78 Å². The fourth-order valence-electron chi connectivity index (χ4n) is 1.16. The van der Waals surface area contributed by atoms with Gasteiger partial charge >= 0.3 is 0 Å². The van der Waals surface area contributed by atoms with E-state index in [9.17, 15) is 4.79 Å². The molecule has 0 aromatic heterocycles. The summed E-state index contributed by atoms with van der Waals surface area (Å²) < 4.78 is 9.99. The molecule has 2 unspecified atom stereocenters. The highest BCUT2D eigenvalue weighted by molar-refractivity contribution is 5.46. The van der Waals surface area contributed by atoms with Crippen molar-refractivity contribution in [1.82, 2.24) is 10.2 Å². The van der Waals surface area contributed by atoms with Gasteiger partial charge in [0.1, 0.15) is 6.73 Å². The summed E-state index contributed by atoms with van der Waals surface area (Å²) in [7, 11) is 0. The van der Waals surface area contributed by atoms with Crippen LogP contribution in [0.3, 0.4) is 0 Å². The van der Waals surface area contributed by atoms with E-state index in [-0.39, 0.29) is 19.6 Å². The van der Waals surface area contributed by atoms with Gasteiger partial charge in [0.2, 0.25) is 6.41 Å². The summed E-state index contributed by atoms with van der Waals surface area (Å²) in [5.74, 6) is 0. The fraction of sp³-hybridized carbons (Fsp3) is 0.889. The van der Waals surface area contributed by atoms with E-state index < -0.39 is 0 Å². The molecule has 2 heterocycles. The molecule has 7 nitrogen and oxygen atoms in total. The molecule has 7 heteroatoms. The molecule has 2 fully saturated rings. The topological polar surface area (TPSA) is 75.9 Å². The van der Waals surface area contributed by atoms with E-state index >= 15 is 0 Å². The van der Waals surface area contributed by atoms with Crippen molar-refractivity contribution < 1.29 is 24.0 Å². The van der Waals surface area contributed by atoms with Crippen molar-refractivity contribution in [3.63, 3.8) is 0 Å². The molecule has 2 saturated heterocycles. The molecule has 2 aliphatic heterocycles. The van der Waals surface area contributed by atoms with E-state index in [2.05, 4.69) is 5.32 Å².